The zero-order valence-electron chi connectivity index (χ0n) is 11.9. The number of benzene rings is 1. The Morgan fingerprint density at radius 2 is 1.95 bits per heavy atom. The molecule has 0 amide bonds. The summed E-state index contributed by atoms with van der Waals surface area (Å²) in [6.45, 7) is 5.41. The molecule has 3 atom stereocenters. The second kappa shape index (κ2) is 8.19. The van der Waals surface area contributed by atoms with E-state index >= 15 is 0 Å². The van der Waals surface area contributed by atoms with Gasteiger partial charge in [-0.15, -0.1) is 0 Å². The molecule has 1 aliphatic heterocycles. The van der Waals surface area contributed by atoms with Crippen molar-refractivity contribution in [2.24, 2.45) is 0 Å². The highest BCUT2D eigenvalue weighted by molar-refractivity contribution is 8.07. The molecule has 3 unspecified atom stereocenters. The molecule has 5 heteroatoms. The van der Waals surface area contributed by atoms with Crippen LogP contribution in [0.5, 0.6) is 0 Å². The Labute approximate surface area is 140 Å². The number of hydrogen-bond acceptors (Lipinski definition) is 3. The summed E-state index contributed by atoms with van der Waals surface area (Å²) in [6.07, 6.45) is 1.21. The van der Waals surface area contributed by atoms with Gasteiger partial charge in [0.1, 0.15) is 0 Å². The molecule has 1 aromatic rings. The van der Waals surface area contributed by atoms with E-state index in [1.807, 2.05) is 12.1 Å². The largest absolute Gasteiger partial charge is 0.309 e. The minimum absolute atomic E-state index is 0.345. The lowest BCUT2D eigenvalue weighted by Crippen LogP contribution is -2.38. The van der Waals surface area contributed by atoms with Crippen molar-refractivity contribution in [1.29, 1.82) is 0 Å². The number of thioether (sulfide) groups is 2. The van der Waals surface area contributed by atoms with Gasteiger partial charge in [0.25, 0.3) is 0 Å². The van der Waals surface area contributed by atoms with Crippen molar-refractivity contribution >= 4 is 46.7 Å². The average molecular weight is 350 g/mol. The fraction of sp³-hybridized carbons (Fsp3) is 0.600. The van der Waals surface area contributed by atoms with Gasteiger partial charge in [-0.05, 0) is 30.7 Å². The molecule has 1 saturated heterocycles. The standard InChI is InChI=1S/C15H21Cl2NS2/c1-3-13-15(20-8-7-19-13)14(18-4-2)10-5-6-11(16)12(17)9-10/h5-6,9,13-15,18H,3-4,7-8H2,1-2H3. The van der Waals surface area contributed by atoms with Gasteiger partial charge in [-0.25, -0.2) is 0 Å². The first-order valence-corrected chi connectivity index (χ1v) is 9.94. The maximum absolute atomic E-state index is 6.20. The summed E-state index contributed by atoms with van der Waals surface area (Å²) in [5, 5.41) is 6.21. The van der Waals surface area contributed by atoms with Gasteiger partial charge >= 0.3 is 0 Å². The molecule has 1 aliphatic rings. The van der Waals surface area contributed by atoms with Crippen LogP contribution in [0.3, 0.4) is 0 Å². The summed E-state index contributed by atoms with van der Waals surface area (Å²) in [4.78, 5) is 0. The van der Waals surface area contributed by atoms with Crippen LogP contribution in [0.25, 0.3) is 0 Å². The monoisotopic (exact) mass is 349 g/mol. The van der Waals surface area contributed by atoms with Gasteiger partial charge in [0, 0.05) is 28.0 Å². The van der Waals surface area contributed by atoms with E-state index in [2.05, 4.69) is 48.8 Å². The Morgan fingerprint density at radius 1 is 1.20 bits per heavy atom. The fourth-order valence-electron chi connectivity index (χ4n) is 2.60. The lowest BCUT2D eigenvalue weighted by Gasteiger charge is -2.36. The van der Waals surface area contributed by atoms with E-state index in [1.54, 1.807) is 0 Å². The predicted octanol–water partition coefficient (Wildman–Crippen LogP) is 5.27. The summed E-state index contributed by atoms with van der Waals surface area (Å²) >= 11 is 16.4. The molecule has 1 N–H and O–H groups in total. The molecule has 1 fully saturated rings. The Bertz CT molecular complexity index is 442. The highest BCUT2D eigenvalue weighted by atomic mass is 35.5. The number of hydrogen-bond donors (Lipinski definition) is 1. The van der Waals surface area contributed by atoms with Crippen molar-refractivity contribution in [3.05, 3.63) is 33.8 Å². The zero-order chi connectivity index (χ0) is 14.5. The molecule has 20 heavy (non-hydrogen) atoms. The highest BCUT2D eigenvalue weighted by Crippen LogP contribution is 2.41. The van der Waals surface area contributed by atoms with Crippen LogP contribution in [0.4, 0.5) is 0 Å². The number of rotatable bonds is 5. The summed E-state index contributed by atoms with van der Waals surface area (Å²) in [5.41, 5.74) is 1.25. The lowest BCUT2D eigenvalue weighted by molar-refractivity contribution is 0.513. The van der Waals surface area contributed by atoms with E-state index in [0.717, 1.165) is 6.54 Å². The molecule has 0 aliphatic carbocycles. The molecule has 1 aromatic carbocycles. The molecule has 1 nitrogen and oxygen atoms in total. The third-order valence-electron chi connectivity index (χ3n) is 3.55. The van der Waals surface area contributed by atoms with Crippen LogP contribution in [0.1, 0.15) is 31.9 Å². The highest BCUT2D eigenvalue weighted by Gasteiger charge is 2.32. The van der Waals surface area contributed by atoms with E-state index < -0.39 is 0 Å². The van der Waals surface area contributed by atoms with Gasteiger partial charge in [0.05, 0.1) is 10.0 Å². The topological polar surface area (TPSA) is 12.0 Å². The van der Waals surface area contributed by atoms with Crippen LogP contribution in [-0.2, 0) is 0 Å². The summed E-state index contributed by atoms with van der Waals surface area (Å²) < 4.78 is 0. The minimum Gasteiger partial charge on any atom is -0.309 e. The van der Waals surface area contributed by atoms with Crippen molar-refractivity contribution in [2.45, 2.75) is 36.8 Å². The second-order valence-corrected chi connectivity index (χ2v) is 8.31. The molecular formula is C15H21Cl2NS2. The van der Waals surface area contributed by atoms with Crippen molar-refractivity contribution in [2.75, 3.05) is 18.1 Å². The van der Waals surface area contributed by atoms with E-state index in [0.29, 0.717) is 26.6 Å². The third-order valence-corrected chi connectivity index (χ3v) is 7.64. The maximum atomic E-state index is 6.20. The van der Waals surface area contributed by atoms with Crippen molar-refractivity contribution in [3.8, 4) is 0 Å². The maximum Gasteiger partial charge on any atom is 0.0595 e. The van der Waals surface area contributed by atoms with Gasteiger partial charge < -0.3 is 5.32 Å². The Balaban J connectivity index is 2.26. The molecule has 0 spiro atoms. The Kier molecular flexibility index (Phi) is 6.89. The van der Waals surface area contributed by atoms with Gasteiger partial charge in [0.15, 0.2) is 0 Å². The van der Waals surface area contributed by atoms with Crippen LogP contribution in [-0.4, -0.2) is 28.6 Å². The van der Waals surface area contributed by atoms with Gasteiger partial charge in [-0.2, -0.15) is 23.5 Å². The van der Waals surface area contributed by atoms with Gasteiger partial charge in [-0.1, -0.05) is 43.1 Å². The molecule has 1 heterocycles. The number of halogens is 2. The minimum atomic E-state index is 0.345. The van der Waals surface area contributed by atoms with Crippen LogP contribution in [0.2, 0.25) is 10.0 Å². The zero-order valence-corrected chi connectivity index (χ0v) is 15.0. The fourth-order valence-corrected chi connectivity index (χ4v) is 6.15. The van der Waals surface area contributed by atoms with Gasteiger partial charge in [0.2, 0.25) is 0 Å². The molecule has 0 bridgehead atoms. The summed E-state index contributed by atoms with van der Waals surface area (Å²) in [7, 11) is 0. The summed E-state index contributed by atoms with van der Waals surface area (Å²) in [5.74, 6) is 2.49. The molecule has 2 rings (SSSR count). The molecular weight excluding hydrogens is 329 g/mol. The van der Waals surface area contributed by atoms with Crippen LogP contribution in [0.15, 0.2) is 18.2 Å². The van der Waals surface area contributed by atoms with E-state index in [1.165, 1.54) is 23.5 Å². The molecule has 112 valence electrons. The first-order chi connectivity index (χ1) is 9.67. The average Bonchev–Trinajstić information content (AvgIpc) is 2.48. The van der Waals surface area contributed by atoms with E-state index in [9.17, 15) is 0 Å². The van der Waals surface area contributed by atoms with E-state index in [-0.39, 0.29) is 0 Å². The van der Waals surface area contributed by atoms with Crippen LogP contribution in [0, 0.1) is 0 Å². The Morgan fingerprint density at radius 3 is 2.60 bits per heavy atom. The third kappa shape index (κ3) is 4.01. The van der Waals surface area contributed by atoms with Gasteiger partial charge in [-0.3, -0.25) is 0 Å². The van der Waals surface area contributed by atoms with Crippen LogP contribution < -0.4 is 5.32 Å². The van der Waals surface area contributed by atoms with E-state index in [4.69, 9.17) is 23.2 Å². The number of nitrogens with one attached hydrogen (secondary N) is 1. The molecule has 0 aromatic heterocycles. The quantitative estimate of drug-likeness (QED) is 0.777. The lowest BCUT2D eigenvalue weighted by atomic mass is 10.00. The molecule has 0 saturated carbocycles. The summed E-state index contributed by atoms with van der Waals surface area (Å²) in [6, 6.07) is 6.38. The normalized spacial score (nSPS) is 24.6. The SMILES string of the molecule is CCNC(c1ccc(Cl)c(Cl)c1)C1SCCSC1CC. The first-order valence-electron chi connectivity index (χ1n) is 7.08. The van der Waals surface area contributed by atoms with Crippen molar-refractivity contribution < 1.29 is 0 Å². The van der Waals surface area contributed by atoms with Crippen molar-refractivity contribution in [1.82, 2.24) is 5.32 Å². The smallest absolute Gasteiger partial charge is 0.0595 e. The molecule has 0 radical (unpaired) electrons. The van der Waals surface area contributed by atoms with Crippen LogP contribution >= 0.6 is 46.7 Å². The Hall–Kier alpha value is 0.460. The first kappa shape index (κ1) is 16.8. The predicted molar refractivity (Wildman–Crippen MR) is 95.7 cm³/mol. The van der Waals surface area contributed by atoms with Crippen molar-refractivity contribution in [3.63, 3.8) is 0 Å². The second-order valence-electron chi connectivity index (χ2n) is 4.86.